The van der Waals surface area contributed by atoms with Crippen LogP contribution in [0.4, 0.5) is 4.39 Å². The Morgan fingerprint density at radius 3 is 1.71 bits per heavy atom. The molecule has 52 heavy (non-hydrogen) atoms. The number of nitrogens with zero attached hydrogens (tertiary/aromatic N) is 3. The van der Waals surface area contributed by atoms with E-state index < -0.39 is 61.0 Å². The van der Waals surface area contributed by atoms with Crippen molar-refractivity contribution in [2.45, 2.75) is 74.9 Å². The number of amides is 1. The zero-order valence-electron chi connectivity index (χ0n) is 29.3. The first-order chi connectivity index (χ1) is 24.1. The lowest BCUT2D eigenvalue weighted by molar-refractivity contribution is -0.164. The number of benzene rings is 3. The molecule has 12 nitrogen and oxygen atoms in total. The Bertz CT molecular complexity index is 2190. The fourth-order valence-electron chi connectivity index (χ4n) is 4.85. The summed E-state index contributed by atoms with van der Waals surface area (Å²) in [6, 6.07) is 16.0. The highest BCUT2D eigenvalue weighted by Gasteiger charge is 2.35. The molecule has 0 radical (unpaired) electrons. The maximum absolute atomic E-state index is 13.9. The van der Waals surface area contributed by atoms with Gasteiger partial charge in [0, 0.05) is 40.6 Å². The maximum atomic E-state index is 13.9. The zero-order chi connectivity index (χ0) is 39.1. The molecule has 0 spiro atoms. The number of carboxylic acids is 1. The summed E-state index contributed by atoms with van der Waals surface area (Å²) in [5.41, 5.74) is -0.466. The number of allylic oxidation sites excluding steroid dienone is 2. The van der Waals surface area contributed by atoms with E-state index in [0.29, 0.717) is 11.1 Å². The van der Waals surface area contributed by atoms with Gasteiger partial charge in [-0.15, -0.1) is 0 Å². The molecular formula is C37H38FN3O9S2. The number of rotatable bonds is 13. The van der Waals surface area contributed by atoms with Gasteiger partial charge in [0.1, 0.15) is 17.3 Å². The lowest BCUT2D eigenvalue weighted by atomic mass is 9.86. The molecule has 0 saturated heterocycles. The molecule has 1 amide bonds. The average Bonchev–Trinajstić information content (AvgIpc) is 3.06. The Hall–Kier alpha value is -5.51. The van der Waals surface area contributed by atoms with Crippen LogP contribution in [-0.2, 0) is 46.6 Å². The fourth-order valence-corrected chi connectivity index (χ4v) is 6.72. The van der Waals surface area contributed by atoms with Crippen LogP contribution in [0.1, 0.15) is 58.2 Å². The number of ether oxygens (including phenoxy) is 2. The summed E-state index contributed by atoms with van der Waals surface area (Å²) in [5.74, 6) is -2.93. The first-order valence-electron chi connectivity index (χ1n) is 15.6. The molecule has 0 aliphatic heterocycles. The number of hydrogen-bond donors (Lipinski definition) is 1. The van der Waals surface area contributed by atoms with Crippen molar-refractivity contribution in [2.24, 2.45) is 0 Å². The molecule has 15 heteroatoms. The van der Waals surface area contributed by atoms with Gasteiger partial charge < -0.3 is 14.6 Å². The van der Waals surface area contributed by atoms with Crippen LogP contribution in [0, 0.1) is 28.5 Å². The van der Waals surface area contributed by atoms with Gasteiger partial charge in [-0.3, -0.25) is 9.69 Å². The fraction of sp³-hybridized carbons (Fsp3) is 0.297. The molecule has 0 saturated carbocycles. The minimum atomic E-state index is -4.04. The highest BCUT2D eigenvalue weighted by atomic mass is 32.2. The number of sulfone groups is 2. The molecule has 0 bridgehead atoms. The first kappa shape index (κ1) is 40.9. The predicted molar refractivity (Wildman–Crippen MR) is 189 cm³/mol. The van der Waals surface area contributed by atoms with Crippen molar-refractivity contribution in [3.05, 3.63) is 106 Å². The SMILES string of the molecule is CC(C)(C)c1cc(S(=O)(=O)/C=C/C#N)ccc1OCC(=O)N(Cc1ccc(F)cc1)C(Oc1ccc(S(=O)(=O)/C=C/C#N)cc1C(C)(C)C)C(=O)O. The lowest BCUT2D eigenvalue weighted by Gasteiger charge is -2.32. The molecule has 1 atom stereocenters. The molecule has 3 aromatic carbocycles. The van der Waals surface area contributed by atoms with Gasteiger partial charge in [0.15, 0.2) is 6.61 Å². The Kier molecular flexibility index (Phi) is 12.8. The van der Waals surface area contributed by atoms with Crippen molar-refractivity contribution in [3.63, 3.8) is 0 Å². The molecule has 0 aliphatic rings. The highest BCUT2D eigenvalue weighted by Crippen LogP contribution is 2.36. The molecule has 0 heterocycles. The zero-order valence-corrected chi connectivity index (χ0v) is 31.0. The smallest absolute Gasteiger partial charge is 0.366 e. The van der Waals surface area contributed by atoms with Gasteiger partial charge in [0.05, 0.1) is 21.9 Å². The van der Waals surface area contributed by atoms with E-state index in [1.807, 2.05) is 0 Å². The third kappa shape index (κ3) is 10.5. The van der Waals surface area contributed by atoms with Crippen LogP contribution in [0.5, 0.6) is 11.5 Å². The van der Waals surface area contributed by atoms with E-state index in [-0.39, 0.29) is 33.4 Å². The summed E-state index contributed by atoms with van der Waals surface area (Å²) < 4.78 is 76.8. The Balaban J connectivity index is 2.08. The van der Waals surface area contributed by atoms with E-state index in [2.05, 4.69) is 0 Å². The van der Waals surface area contributed by atoms with E-state index in [4.69, 9.17) is 20.0 Å². The van der Waals surface area contributed by atoms with E-state index in [0.717, 1.165) is 40.0 Å². The van der Waals surface area contributed by atoms with Crippen LogP contribution in [0.15, 0.2) is 93.4 Å². The third-order valence-electron chi connectivity index (χ3n) is 7.49. The molecule has 1 N–H and O–H groups in total. The van der Waals surface area contributed by atoms with E-state index in [1.54, 1.807) is 53.7 Å². The number of carbonyl (C=O) groups is 2. The maximum Gasteiger partial charge on any atom is 0.366 e. The van der Waals surface area contributed by atoms with Crippen LogP contribution in [-0.4, -0.2) is 51.6 Å². The minimum Gasteiger partial charge on any atom is -0.483 e. The van der Waals surface area contributed by atoms with E-state index in [1.165, 1.54) is 48.5 Å². The van der Waals surface area contributed by atoms with Gasteiger partial charge >= 0.3 is 5.97 Å². The quantitative estimate of drug-likeness (QED) is 0.161. The molecular weight excluding hydrogens is 714 g/mol. The number of aliphatic carboxylic acids is 1. The van der Waals surface area contributed by atoms with Crippen LogP contribution in [0.2, 0.25) is 0 Å². The van der Waals surface area contributed by atoms with Crippen molar-refractivity contribution >= 4 is 31.6 Å². The lowest BCUT2D eigenvalue weighted by Crippen LogP contribution is -2.50. The van der Waals surface area contributed by atoms with E-state index in [9.17, 15) is 35.9 Å². The number of nitriles is 2. The monoisotopic (exact) mass is 751 g/mol. The van der Waals surface area contributed by atoms with Gasteiger partial charge in [-0.05, 0) is 64.9 Å². The van der Waals surface area contributed by atoms with Crippen LogP contribution in [0.3, 0.4) is 0 Å². The van der Waals surface area contributed by atoms with Gasteiger partial charge in [-0.25, -0.2) is 26.0 Å². The second kappa shape index (κ2) is 16.2. The summed E-state index contributed by atoms with van der Waals surface area (Å²) in [4.78, 5) is 27.3. The molecule has 1 unspecified atom stereocenters. The molecule has 0 aliphatic carbocycles. The van der Waals surface area contributed by atoms with Crippen molar-refractivity contribution in [1.29, 1.82) is 10.5 Å². The summed E-state index contributed by atoms with van der Waals surface area (Å²) >= 11 is 0. The van der Waals surface area contributed by atoms with Crippen LogP contribution in [0.25, 0.3) is 0 Å². The normalized spacial score (nSPS) is 12.9. The largest absolute Gasteiger partial charge is 0.483 e. The minimum absolute atomic E-state index is 0.0433. The second-order valence-electron chi connectivity index (χ2n) is 13.5. The molecule has 0 fully saturated rings. The standard InChI is InChI=1S/C37H38FN3O9S2/c1-36(2,3)29-21-27(51(45,46)19-7-17-39)13-15-31(29)49-24-33(42)41(23-25-9-11-26(38)12-10-25)34(35(43)44)50-32-16-14-28(22-30(32)37(4,5)6)52(47,48)20-8-18-40/h7-16,19-22,34H,23-24H2,1-6H3,(H,43,44)/b19-7+,20-8+. The summed E-state index contributed by atoms with van der Waals surface area (Å²) in [7, 11) is -8.02. The molecule has 274 valence electrons. The molecule has 3 aromatic rings. The number of halogens is 1. The van der Waals surface area contributed by atoms with Crippen molar-refractivity contribution in [2.75, 3.05) is 6.61 Å². The Morgan fingerprint density at radius 2 is 1.27 bits per heavy atom. The number of carboxylic acid groups (broad SMARTS) is 1. The van der Waals surface area contributed by atoms with Gasteiger partial charge in [-0.1, -0.05) is 53.7 Å². The van der Waals surface area contributed by atoms with Gasteiger partial charge in [0.2, 0.25) is 19.7 Å². The topological polar surface area (TPSA) is 192 Å². The average molecular weight is 752 g/mol. The van der Waals surface area contributed by atoms with E-state index >= 15 is 0 Å². The first-order valence-corrected chi connectivity index (χ1v) is 18.7. The third-order valence-corrected chi connectivity index (χ3v) is 10.3. The van der Waals surface area contributed by atoms with Crippen molar-refractivity contribution < 1.29 is 45.4 Å². The van der Waals surface area contributed by atoms with Crippen molar-refractivity contribution in [3.8, 4) is 23.6 Å². The summed E-state index contributed by atoms with van der Waals surface area (Å²) in [6.45, 7) is 9.49. The van der Waals surface area contributed by atoms with Crippen LogP contribution >= 0.6 is 0 Å². The predicted octanol–water partition coefficient (Wildman–Crippen LogP) is 5.94. The van der Waals surface area contributed by atoms with Gasteiger partial charge in [-0.2, -0.15) is 10.5 Å². The van der Waals surface area contributed by atoms with Crippen molar-refractivity contribution in [1.82, 2.24) is 4.90 Å². The van der Waals surface area contributed by atoms with Gasteiger partial charge in [0.25, 0.3) is 12.1 Å². The molecule has 0 aromatic heterocycles. The van der Waals surface area contributed by atoms with Crippen LogP contribution < -0.4 is 9.47 Å². The highest BCUT2D eigenvalue weighted by molar-refractivity contribution is 7.94. The number of hydrogen-bond acceptors (Lipinski definition) is 10. The molecule has 3 rings (SSSR count). The summed E-state index contributed by atoms with van der Waals surface area (Å²) in [5, 5.41) is 29.5. The Labute approximate surface area is 302 Å². The summed E-state index contributed by atoms with van der Waals surface area (Å²) in [6.07, 6.45) is -0.349. The second-order valence-corrected chi connectivity index (χ2v) is 17.2. The number of carbonyl (C=O) groups excluding carboxylic acids is 1. The Morgan fingerprint density at radius 1 is 0.808 bits per heavy atom.